The number of rotatable bonds is 6. The summed E-state index contributed by atoms with van der Waals surface area (Å²) >= 11 is 3.45. The van der Waals surface area contributed by atoms with E-state index >= 15 is 0 Å². The predicted molar refractivity (Wildman–Crippen MR) is 83.8 cm³/mol. The molecule has 0 bridgehead atoms. The first-order valence-corrected chi connectivity index (χ1v) is 7.53. The van der Waals surface area contributed by atoms with Crippen LogP contribution in [-0.4, -0.2) is 29.1 Å². The van der Waals surface area contributed by atoms with Crippen LogP contribution in [-0.2, 0) is 6.54 Å². The van der Waals surface area contributed by atoms with Gasteiger partial charge in [-0.25, -0.2) is 0 Å². The molecule has 0 amide bonds. The Morgan fingerprint density at radius 2 is 1.90 bits per heavy atom. The van der Waals surface area contributed by atoms with Gasteiger partial charge in [0.15, 0.2) is 0 Å². The molecule has 1 unspecified atom stereocenters. The zero-order chi connectivity index (χ0) is 15.4. The number of benzene rings is 1. The summed E-state index contributed by atoms with van der Waals surface area (Å²) in [5.41, 5.74) is 1.29. The molecular weight excluding hydrogens is 336 g/mol. The lowest BCUT2D eigenvalue weighted by molar-refractivity contribution is 0.196. The Bertz CT molecular complexity index is 591. The SMILES string of the molecule is CCCn1ncc(Br)c1C(O)c1c(OC)cccc1OC. The number of nitrogens with zero attached hydrogens (tertiary/aromatic N) is 2. The van der Waals surface area contributed by atoms with Crippen molar-refractivity contribution in [2.45, 2.75) is 26.0 Å². The Morgan fingerprint density at radius 1 is 1.29 bits per heavy atom. The van der Waals surface area contributed by atoms with E-state index in [1.165, 1.54) is 0 Å². The Balaban J connectivity index is 2.54. The number of aryl methyl sites for hydroxylation is 1. The van der Waals surface area contributed by atoms with Gasteiger partial charge >= 0.3 is 0 Å². The number of aromatic nitrogens is 2. The number of aliphatic hydroxyl groups is 1. The predicted octanol–water partition coefficient (Wildman–Crippen LogP) is 3.15. The van der Waals surface area contributed by atoms with Crippen LogP contribution in [0, 0.1) is 0 Å². The van der Waals surface area contributed by atoms with Crippen LogP contribution in [0.4, 0.5) is 0 Å². The maximum atomic E-state index is 10.8. The molecule has 1 N–H and O–H groups in total. The minimum absolute atomic E-state index is 0.581. The summed E-state index contributed by atoms with van der Waals surface area (Å²) in [7, 11) is 3.15. The van der Waals surface area contributed by atoms with Crippen molar-refractivity contribution in [3.05, 3.63) is 40.1 Å². The smallest absolute Gasteiger partial charge is 0.129 e. The molecule has 0 aliphatic heterocycles. The summed E-state index contributed by atoms with van der Waals surface area (Å²) < 4.78 is 13.3. The Morgan fingerprint density at radius 3 is 2.43 bits per heavy atom. The average molecular weight is 355 g/mol. The molecule has 1 aromatic carbocycles. The highest BCUT2D eigenvalue weighted by atomic mass is 79.9. The fraction of sp³-hybridized carbons (Fsp3) is 0.400. The van der Waals surface area contributed by atoms with Gasteiger partial charge in [-0.1, -0.05) is 13.0 Å². The van der Waals surface area contributed by atoms with Crippen molar-refractivity contribution in [2.75, 3.05) is 14.2 Å². The third kappa shape index (κ3) is 3.06. The number of methoxy groups -OCH3 is 2. The van der Waals surface area contributed by atoms with Crippen LogP contribution < -0.4 is 9.47 Å². The van der Waals surface area contributed by atoms with E-state index in [-0.39, 0.29) is 0 Å². The van der Waals surface area contributed by atoms with Gasteiger partial charge < -0.3 is 14.6 Å². The third-order valence-electron chi connectivity index (χ3n) is 3.27. The maximum Gasteiger partial charge on any atom is 0.129 e. The number of hydrogen-bond acceptors (Lipinski definition) is 4. The lowest BCUT2D eigenvalue weighted by Crippen LogP contribution is -2.12. The van der Waals surface area contributed by atoms with Crippen molar-refractivity contribution in [1.29, 1.82) is 0 Å². The Labute approximate surface area is 132 Å². The molecule has 1 atom stereocenters. The van der Waals surface area contributed by atoms with Gasteiger partial charge in [0.1, 0.15) is 17.6 Å². The van der Waals surface area contributed by atoms with E-state index in [1.807, 2.05) is 6.07 Å². The first kappa shape index (κ1) is 15.9. The fourth-order valence-electron chi connectivity index (χ4n) is 2.32. The topological polar surface area (TPSA) is 56.5 Å². The molecule has 6 heteroatoms. The van der Waals surface area contributed by atoms with Gasteiger partial charge in [-0.15, -0.1) is 0 Å². The lowest BCUT2D eigenvalue weighted by atomic mass is 10.0. The van der Waals surface area contributed by atoms with E-state index in [1.54, 1.807) is 37.2 Å². The van der Waals surface area contributed by atoms with Crippen LogP contribution in [0.15, 0.2) is 28.9 Å². The van der Waals surface area contributed by atoms with Crippen LogP contribution in [0.25, 0.3) is 0 Å². The van der Waals surface area contributed by atoms with Gasteiger partial charge in [0, 0.05) is 6.54 Å². The van der Waals surface area contributed by atoms with E-state index in [4.69, 9.17) is 9.47 Å². The summed E-state index contributed by atoms with van der Waals surface area (Å²) in [4.78, 5) is 0. The number of halogens is 1. The number of aliphatic hydroxyl groups excluding tert-OH is 1. The third-order valence-corrected chi connectivity index (χ3v) is 3.88. The van der Waals surface area contributed by atoms with Crippen LogP contribution in [0.1, 0.15) is 30.7 Å². The molecule has 0 saturated carbocycles. The summed E-state index contributed by atoms with van der Waals surface area (Å²) in [6, 6.07) is 5.43. The van der Waals surface area contributed by atoms with Crippen molar-refractivity contribution >= 4 is 15.9 Å². The van der Waals surface area contributed by atoms with E-state index in [9.17, 15) is 5.11 Å². The fourth-order valence-corrected chi connectivity index (χ4v) is 2.83. The lowest BCUT2D eigenvalue weighted by Gasteiger charge is -2.19. The number of ether oxygens (including phenoxy) is 2. The highest BCUT2D eigenvalue weighted by Crippen LogP contribution is 2.39. The Kier molecular flexibility index (Phi) is 5.25. The van der Waals surface area contributed by atoms with Gasteiger partial charge in [0.05, 0.1) is 36.1 Å². The van der Waals surface area contributed by atoms with Gasteiger partial charge in [-0.3, -0.25) is 4.68 Å². The number of hydrogen-bond donors (Lipinski definition) is 1. The average Bonchev–Trinajstić information content (AvgIpc) is 2.86. The summed E-state index contributed by atoms with van der Waals surface area (Å²) in [6.07, 6.45) is 1.73. The van der Waals surface area contributed by atoms with Gasteiger partial charge in [0.25, 0.3) is 0 Å². The van der Waals surface area contributed by atoms with Gasteiger partial charge in [0.2, 0.25) is 0 Å². The second kappa shape index (κ2) is 6.95. The first-order chi connectivity index (χ1) is 10.1. The maximum absolute atomic E-state index is 10.8. The van der Waals surface area contributed by atoms with Gasteiger partial charge in [-0.05, 0) is 34.5 Å². The molecule has 2 rings (SSSR count). The normalized spacial score (nSPS) is 12.2. The van der Waals surface area contributed by atoms with Gasteiger partial charge in [-0.2, -0.15) is 5.10 Å². The van der Waals surface area contributed by atoms with Crippen molar-refractivity contribution in [2.24, 2.45) is 0 Å². The quantitative estimate of drug-likeness (QED) is 0.865. The molecule has 0 aliphatic rings. The molecule has 0 spiro atoms. The zero-order valence-corrected chi connectivity index (χ0v) is 13.9. The summed E-state index contributed by atoms with van der Waals surface area (Å²) in [6.45, 7) is 2.80. The van der Waals surface area contributed by atoms with Crippen molar-refractivity contribution in [3.63, 3.8) is 0 Å². The molecule has 21 heavy (non-hydrogen) atoms. The van der Waals surface area contributed by atoms with E-state index < -0.39 is 6.10 Å². The van der Waals surface area contributed by atoms with Crippen LogP contribution in [0.5, 0.6) is 11.5 Å². The Hall–Kier alpha value is -1.53. The molecule has 0 radical (unpaired) electrons. The molecule has 0 saturated heterocycles. The second-order valence-corrected chi connectivity index (χ2v) is 5.43. The van der Waals surface area contributed by atoms with Crippen LogP contribution >= 0.6 is 15.9 Å². The molecule has 114 valence electrons. The van der Waals surface area contributed by atoms with E-state index in [0.29, 0.717) is 22.8 Å². The minimum atomic E-state index is -0.889. The summed E-state index contributed by atoms with van der Waals surface area (Å²) in [5, 5.41) is 15.1. The second-order valence-electron chi connectivity index (χ2n) is 4.58. The largest absolute Gasteiger partial charge is 0.496 e. The standard InChI is InChI=1S/C15H19BrN2O3/c1-4-8-18-14(10(16)9-17-18)15(19)13-11(20-2)6-5-7-12(13)21-3/h5-7,9,15,19H,4,8H2,1-3H3. The summed E-state index contributed by atoms with van der Waals surface area (Å²) in [5.74, 6) is 1.16. The van der Waals surface area contributed by atoms with E-state index in [2.05, 4.69) is 28.0 Å². The molecule has 2 aromatic rings. The van der Waals surface area contributed by atoms with Crippen molar-refractivity contribution < 1.29 is 14.6 Å². The molecule has 0 aliphatic carbocycles. The molecule has 1 aromatic heterocycles. The molecule has 5 nitrogen and oxygen atoms in total. The minimum Gasteiger partial charge on any atom is -0.496 e. The van der Waals surface area contributed by atoms with Crippen molar-refractivity contribution in [1.82, 2.24) is 9.78 Å². The molecule has 1 heterocycles. The van der Waals surface area contributed by atoms with Crippen LogP contribution in [0.3, 0.4) is 0 Å². The van der Waals surface area contributed by atoms with Crippen LogP contribution in [0.2, 0.25) is 0 Å². The van der Waals surface area contributed by atoms with Crippen molar-refractivity contribution in [3.8, 4) is 11.5 Å². The highest BCUT2D eigenvalue weighted by Gasteiger charge is 2.25. The monoisotopic (exact) mass is 354 g/mol. The zero-order valence-electron chi connectivity index (χ0n) is 12.3. The molecular formula is C15H19BrN2O3. The first-order valence-electron chi connectivity index (χ1n) is 6.74. The highest BCUT2D eigenvalue weighted by molar-refractivity contribution is 9.10. The molecule has 0 fully saturated rings. The van der Waals surface area contributed by atoms with E-state index in [0.717, 1.165) is 17.4 Å².